The van der Waals surface area contributed by atoms with Crippen molar-refractivity contribution < 1.29 is 27.9 Å². The van der Waals surface area contributed by atoms with Gasteiger partial charge in [-0.2, -0.15) is 13.2 Å². The molecule has 120 valence electrons. The van der Waals surface area contributed by atoms with Crippen LogP contribution in [0.4, 0.5) is 13.2 Å². The number of alkyl halides is 3. The second kappa shape index (κ2) is 6.37. The zero-order chi connectivity index (χ0) is 16.3. The average molecular weight is 315 g/mol. The Morgan fingerprint density at radius 1 is 1.32 bits per heavy atom. The summed E-state index contributed by atoms with van der Waals surface area (Å²) in [5.74, 6) is -1.40. The molecule has 7 heteroatoms. The lowest BCUT2D eigenvalue weighted by Gasteiger charge is -2.14. The van der Waals surface area contributed by atoms with Crippen molar-refractivity contribution in [3.8, 4) is 0 Å². The van der Waals surface area contributed by atoms with Gasteiger partial charge in [-0.3, -0.25) is 4.79 Å². The summed E-state index contributed by atoms with van der Waals surface area (Å²) < 4.78 is 37.8. The molecule has 0 aromatic heterocycles. The Kier molecular flexibility index (Phi) is 4.73. The van der Waals surface area contributed by atoms with Crippen LogP contribution in [0, 0.1) is 5.92 Å². The highest BCUT2D eigenvalue weighted by Gasteiger charge is 2.31. The van der Waals surface area contributed by atoms with E-state index in [1.807, 2.05) is 0 Å². The number of benzene rings is 1. The molecule has 0 heterocycles. The molecule has 2 rings (SSSR count). The van der Waals surface area contributed by atoms with Crippen LogP contribution in [0.25, 0.3) is 0 Å². The molecular formula is C15H16F3NO3. The van der Waals surface area contributed by atoms with Gasteiger partial charge < -0.3 is 10.4 Å². The van der Waals surface area contributed by atoms with E-state index >= 15 is 0 Å². The Labute approximate surface area is 125 Å². The lowest BCUT2D eigenvalue weighted by Crippen LogP contribution is -2.41. The molecule has 0 saturated heterocycles. The number of carboxylic acid groups (broad SMARTS) is 1. The number of carboxylic acids is 1. The zero-order valence-corrected chi connectivity index (χ0v) is 11.7. The molecule has 4 nitrogen and oxygen atoms in total. The van der Waals surface area contributed by atoms with Crippen LogP contribution in [0.1, 0.15) is 30.4 Å². The fourth-order valence-electron chi connectivity index (χ4n) is 2.20. The third-order valence-electron chi connectivity index (χ3n) is 3.52. The molecule has 1 aliphatic carbocycles. The summed E-state index contributed by atoms with van der Waals surface area (Å²) in [4.78, 5) is 22.9. The van der Waals surface area contributed by atoms with Crippen molar-refractivity contribution >= 4 is 11.9 Å². The maximum atomic E-state index is 12.6. The van der Waals surface area contributed by atoms with E-state index in [4.69, 9.17) is 5.11 Å². The van der Waals surface area contributed by atoms with E-state index < -0.39 is 29.7 Å². The highest BCUT2D eigenvalue weighted by Crippen LogP contribution is 2.33. The van der Waals surface area contributed by atoms with Crippen molar-refractivity contribution in [2.24, 2.45) is 5.92 Å². The van der Waals surface area contributed by atoms with Crippen molar-refractivity contribution in [1.29, 1.82) is 0 Å². The maximum Gasteiger partial charge on any atom is 0.416 e. The smallest absolute Gasteiger partial charge is 0.416 e. The molecule has 1 fully saturated rings. The predicted molar refractivity (Wildman–Crippen MR) is 72.1 cm³/mol. The van der Waals surface area contributed by atoms with E-state index in [2.05, 4.69) is 5.32 Å². The molecule has 1 aromatic carbocycles. The third-order valence-corrected chi connectivity index (χ3v) is 3.52. The highest BCUT2D eigenvalue weighted by atomic mass is 19.4. The fourth-order valence-corrected chi connectivity index (χ4v) is 2.20. The van der Waals surface area contributed by atoms with Crippen LogP contribution < -0.4 is 5.32 Å². The number of hydrogen-bond donors (Lipinski definition) is 2. The van der Waals surface area contributed by atoms with Crippen molar-refractivity contribution in [3.05, 3.63) is 35.4 Å². The number of carbonyl (C=O) groups is 2. The standard InChI is InChI=1S/C15H16F3NO3/c16-15(17,18)11-3-1-2-10(6-11)8-13(20)19-12(14(21)22)7-9-4-5-9/h1-3,6,9,12H,4-5,7-8H2,(H,19,20)(H,21,22)/t12-/m0/s1. The molecule has 1 saturated carbocycles. The van der Waals surface area contributed by atoms with Gasteiger partial charge in [0.2, 0.25) is 5.91 Å². The molecule has 1 aliphatic rings. The van der Waals surface area contributed by atoms with Crippen molar-refractivity contribution in [1.82, 2.24) is 5.32 Å². The molecule has 1 aromatic rings. The second-order valence-corrected chi connectivity index (χ2v) is 5.51. The van der Waals surface area contributed by atoms with Crippen LogP contribution >= 0.6 is 0 Å². The number of carbonyl (C=O) groups excluding carboxylic acids is 1. The maximum absolute atomic E-state index is 12.6. The molecular weight excluding hydrogens is 299 g/mol. The molecule has 1 amide bonds. The van der Waals surface area contributed by atoms with E-state index in [1.54, 1.807) is 0 Å². The van der Waals surface area contributed by atoms with Gasteiger partial charge in [0.25, 0.3) is 0 Å². The number of halogens is 3. The van der Waals surface area contributed by atoms with Gasteiger partial charge in [0.15, 0.2) is 0 Å². The lowest BCUT2D eigenvalue weighted by molar-refractivity contribution is -0.142. The summed E-state index contributed by atoms with van der Waals surface area (Å²) in [5, 5.41) is 11.4. The summed E-state index contributed by atoms with van der Waals surface area (Å²) >= 11 is 0. The van der Waals surface area contributed by atoms with Crippen molar-refractivity contribution in [2.45, 2.75) is 37.9 Å². The van der Waals surface area contributed by atoms with Crippen LogP contribution in [0.3, 0.4) is 0 Å². The quantitative estimate of drug-likeness (QED) is 0.848. The minimum Gasteiger partial charge on any atom is -0.480 e. The van der Waals surface area contributed by atoms with E-state index in [9.17, 15) is 22.8 Å². The summed E-state index contributed by atoms with van der Waals surface area (Å²) in [5.41, 5.74) is -0.631. The van der Waals surface area contributed by atoms with Gasteiger partial charge >= 0.3 is 12.1 Å². The molecule has 1 atom stereocenters. The molecule has 0 aliphatic heterocycles. The number of amides is 1. The molecule has 0 bridgehead atoms. The van der Waals surface area contributed by atoms with E-state index in [0.717, 1.165) is 25.0 Å². The fraction of sp³-hybridized carbons (Fsp3) is 0.467. The normalized spacial score (nSPS) is 16.1. The van der Waals surface area contributed by atoms with Crippen molar-refractivity contribution in [2.75, 3.05) is 0 Å². The molecule has 0 spiro atoms. The molecule has 0 radical (unpaired) electrons. The molecule has 22 heavy (non-hydrogen) atoms. The van der Waals surface area contributed by atoms with Crippen LogP contribution in [0.2, 0.25) is 0 Å². The average Bonchev–Trinajstić information content (AvgIpc) is 3.21. The van der Waals surface area contributed by atoms with E-state index in [-0.39, 0.29) is 12.0 Å². The van der Waals surface area contributed by atoms with Crippen LogP contribution in [-0.4, -0.2) is 23.0 Å². The first-order valence-corrected chi connectivity index (χ1v) is 6.94. The largest absolute Gasteiger partial charge is 0.480 e. The third kappa shape index (κ3) is 4.75. The van der Waals surface area contributed by atoms with Crippen molar-refractivity contribution in [3.63, 3.8) is 0 Å². The Balaban J connectivity index is 1.97. The topological polar surface area (TPSA) is 66.4 Å². The second-order valence-electron chi connectivity index (χ2n) is 5.51. The van der Waals surface area contributed by atoms with Crippen LogP contribution in [0.5, 0.6) is 0 Å². The number of hydrogen-bond acceptors (Lipinski definition) is 2. The number of aliphatic carboxylic acids is 1. The first-order chi connectivity index (χ1) is 10.3. The summed E-state index contributed by atoms with van der Waals surface area (Å²) in [6.45, 7) is 0. The molecule has 0 unspecified atom stereocenters. The minimum absolute atomic E-state index is 0.197. The van der Waals surface area contributed by atoms with Crippen LogP contribution in [-0.2, 0) is 22.2 Å². The Morgan fingerprint density at radius 3 is 2.55 bits per heavy atom. The van der Waals surface area contributed by atoms with Gasteiger partial charge in [-0.05, 0) is 24.0 Å². The Hall–Kier alpha value is -2.05. The summed E-state index contributed by atoms with van der Waals surface area (Å²) in [7, 11) is 0. The Bertz CT molecular complexity index is 567. The SMILES string of the molecule is O=C(Cc1cccc(C(F)(F)F)c1)N[C@@H](CC1CC1)C(=O)O. The highest BCUT2D eigenvalue weighted by molar-refractivity contribution is 5.84. The monoisotopic (exact) mass is 315 g/mol. The van der Waals surface area contributed by atoms with Gasteiger partial charge in [0.05, 0.1) is 12.0 Å². The van der Waals surface area contributed by atoms with Crippen LogP contribution in [0.15, 0.2) is 24.3 Å². The van der Waals surface area contributed by atoms with Gasteiger partial charge in [-0.25, -0.2) is 4.79 Å². The first kappa shape index (κ1) is 16.3. The van der Waals surface area contributed by atoms with E-state index in [1.165, 1.54) is 12.1 Å². The minimum atomic E-state index is -4.47. The molecule has 2 N–H and O–H groups in total. The lowest BCUT2D eigenvalue weighted by atomic mass is 10.1. The van der Waals surface area contributed by atoms with Gasteiger partial charge in [0.1, 0.15) is 6.04 Å². The Morgan fingerprint density at radius 2 is 2.00 bits per heavy atom. The summed E-state index contributed by atoms with van der Waals surface area (Å²) in [6.07, 6.45) is -2.48. The number of rotatable bonds is 6. The van der Waals surface area contributed by atoms with Gasteiger partial charge in [-0.1, -0.05) is 31.0 Å². The van der Waals surface area contributed by atoms with E-state index in [0.29, 0.717) is 12.3 Å². The van der Waals surface area contributed by atoms with Gasteiger partial charge in [-0.15, -0.1) is 0 Å². The summed E-state index contributed by atoms with van der Waals surface area (Å²) in [6, 6.07) is 3.48. The predicted octanol–water partition coefficient (Wildman–Crippen LogP) is 2.62. The van der Waals surface area contributed by atoms with Gasteiger partial charge in [0, 0.05) is 0 Å². The first-order valence-electron chi connectivity index (χ1n) is 6.94. The number of nitrogens with one attached hydrogen (secondary N) is 1. The zero-order valence-electron chi connectivity index (χ0n) is 11.7.